The van der Waals surface area contributed by atoms with E-state index in [0.717, 1.165) is 25.3 Å². The lowest BCUT2D eigenvalue weighted by molar-refractivity contribution is 0.612. The summed E-state index contributed by atoms with van der Waals surface area (Å²) < 4.78 is 0. The molecule has 3 rings (SSSR count). The number of aromatic nitrogens is 1. The van der Waals surface area contributed by atoms with Gasteiger partial charge in [-0.05, 0) is 42.9 Å². The third-order valence-electron chi connectivity index (χ3n) is 4.20. The average molecular weight is 277 g/mol. The van der Waals surface area contributed by atoms with Crippen molar-refractivity contribution in [2.24, 2.45) is 0 Å². The molecule has 21 heavy (non-hydrogen) atoms. The Kier molecular flexibility index (Phi) is 4.16. The molecule has 2 aromatic rings. The van der Waals surface area contributed by atoms with Gasteiger partial charge in [0.2, 0.25) is 0 Å². The Hall–Kier alpha value is -2.34. The molecule has 1 fully saturated rings. The highest BCUT2D eigenvalue weighted by Gasteiger charge is 2.19. The van der Waals surface area contributed by atoms with E-state index in [9.17, 15) is 0 Å². The minimum absolute atomic E-state index is 0.621. The number of nitriles is 1. The highest BCUT2D eigenvalue weighted by molar-refractivity contribution is 5.42. The van der Waals surface area contributed by atoms with Crippen molar-refractivity contribution in [1.82, 2.24) is 4.98 Å². The minimum Gasteiger partial charge on any atom is -0.357 e. The van der Waals surface area contributed by atoms with Crippen LogP contribution in [0.4, 0.5) is 5.82 Å². The fourth-order valence-electron chi connectivity index (χ4n) is 3.02. The van der Waals surface area contributed by atoms with Gasteiger partial charge in [-0.1, -0.05) is 30.3 Å². The van der Waals surface area contributed by atoms with Crippen LogP contribution in [-0.2, 0) is 0 Å². The van der Waals surface area contributed by atoms with Gasteiger partial charge in [-0.2, -0.15) is 5.26 Å². The van der Waals surface area contributed by atoms with Crippen LogP contribution in [0.25, 0.3) is 0 Å². The number of benzene rings is 1. The molecule has 1 atom stereocenters. The predicted molar refractivity (Wildman–Crippen MR) is 84.2 cm³/mol. The van der Waals surface area contributed by atoms with E-state index in [1.165, 1.54) is 18.4 Å². The zero-order valence-electron chi connectivity index (χ0n) is 12.1. The summed E-state index contributed by atoms with van der Waals surface area (Å²) in [6, 6.07) is 16.7. The Bertz CT molecular complexity index is 613. The maximum absolute atomic E-state index is 8.84. The highest BCUT2D eigenvalue weighted by atomic mass is 15.2. The summed E-state index contributed by atoms with van der Waals surface area (Å²) in [7, 11) is 0. The molecule has 3 nitrogen and oxygen atoms in total. The van der Waals surface area contributed by atoms with Crippen molar-refractivity contribution in [3.8, 4) is 6.07 Å². The molecule has 1 aromatic heterocycles. The predicted octanol–water partition coefficient (Wildman–Crippen LogP) is 3.73. The molecule has 0 radical (unpaired) electrons. The number of hydrogen-bond donors (Lipinski definition) is 0. The molecule has 2 heterocycles. The maximum atomic E-state index is 8.84. The van der Waals surface area contributed by atoms with E-state index < -0.39 is 0 Å². The lowest BCUT2D eigenvalue weighted by atomic mass is 9.92. The Balaban J connectivity index is 1.69. The third-order valence-corrected chi connectivity index (χ3v) is 4.20. The van der Waals surface area contributed by atoms with Crippen molar-refractivity contribution in [3.05, 3.63) is 59.8 Å². The number of hydrogen-bond acceptors (Lipinski definition) is 3. The number of rotatable bonds is 2. The smallest absolute Gasteiger partial charge is 0.128 e. The summed E-state index contributed by atoms with van der Waals surface area (Å²) >= 11 is 0. The van der Waals surface area contributed by atoms with Crippen molar-refractivity contribution in [2.75, 3.05) is 18.0 Å². The van der Waals surface area contributed by atoms with Crippen LogP contribution in [-0.4, -0.2) is 18.1 Å². The van der Waals surface area contributed by atoms with Crippen LogP contribution < -0.4 is 4.90 Å². The number of nitrogens with zero attached hydrogens (tertiary/aromatic N) is 3. The fourth-order valence-corrected chi connectivity index (χ4v) is 3.02. The second kappa shape index (κ2) is 6.41. The summed E-state index contributed by atoms with van der Waals surface area (Å²) in [6.07, 6.45) is 5.23. The topological polar surface area (TPSA) is 39.9 Å². The van der Waals surface area contributed by atoms with Gasteiger partial charge in [-0.3, -0.25) is 0 Å². The lowest BCUT2D eigenvalue weighted by Gasteiger charge is -2.21. The molecule has 1 aliphatic rings. The van der Waals surface area contributed by atoms with Crippen molar-refractivity contribution in [2.45, 2.75) is 25.2 Å². The lowest BCUT2D eigenvalue weighted by Crippen LogP contribution is -2.25. The molecule has 1 aliphatic heterocycles. The molecule has 3 heteroatoms. The zero-order valence-corrected chi connectivity index (χ0v) is 12.1. The molecule has 0 saturated carbocycles. The van der Waals surface area contributed by atoms with E-state index in [0.29, 0.717) is 11.5 Å². The van der Waals surface area contributed by atoms with Gasteiger partial charge in [0, 0.05) is 19.3 Å². The van der Waals surface area contributed by atoms with Gasteiger partial charge in [-0.25, -0.2) is 4.98 Å². The molecule has 0 aliphatic carbocycles. The Morgan fingerprint density at radius 2 is 1.90 bits per heavy atom. The van der Waals surface area contributed by atoms with Gasteiger partial charge >= 0.3 is 0 Å². The molecule has 0 spiro atoms. The van der Waals surface area contributed by atoms with Gasteiger partial charge in [-0.15, -0.1) is 0 Å². The van der Waals surface area contributed by atoms with E-state index in [4.69, 9.17) is 5.26 Å². The monoisotopic (exact) mass is 277 g/mol. The summed E-state index contributed by atoms with van der Waals surface area (Å²) in [5.41, 5.74) is 2.07. The van der Waals surface area contributed by atoms with Crippen molar-refractivity contribution in [3.63, 3.8) is 0 Å². The van der Waals surface area contributed by atoms with Gasteiger partial charge in [0.1, 0.15) is 11.9 Å². The molecule has 1 aromatic carbocycles. The van der Waals surface area contributed by atoms with Crippen LogP contribution in [0.5, 0.6) is 0 Å². The van der Waals surface area contributed by atoms with Crippen LogP contribution in [0.15, 0.2) is 48.7 Å². The van der Waals surface area contributed by atoms with E-state index in [2.05, 4.69) is 46.3 Å². The second-order valence-electron chi connectivity index (χ2n) is 5.54. The quantitative estimate of drug-likeness (QED) is 0.839. The fraction of sp³-hybridized carbons (Fsp3) is 0.333. The Morgan fingerprint density at radius 3 is 2.62 bits per heavy atom. The summed E-state index contributed by atoms with van der Waals surface area (Å²) in [4.78, 5) is 6.75. The molecule has 1 saturated heterocycles. The molecular weight excluding hydrogens is 258 g/mol. The molecule has 1 unspecified atom stereocenters. The molecule has 106 valence electrons. The van der Waals surface area contributed by atoms with Gasteiger partial charge < -0.3 is 4.90 Å². The number of pyridine rings is 1. The van der Waals surface area contributed by atoms with Crippen molar-refractivity contribution < 1.29 is 0 Å². The van der Waals surface area contributed by atoms with Gasteiger partial charge in [0.15, 0.2) is 0 Å². The SMILES string of the molecule is N#Cc1ccc(N2CCCC(c3ccccc3)CC2)nc1. The molecule has 0 N–H and O–H groups in total. The van der Waals surface area contributed by atoms with E-state index in [-0.39, 0.29) is 0 Å². The van der Waals surface area contributed by atoms with Crippen molar-refractivity contribution >= 4 is 5.82 Å². The van der Waals surface area contributed by atoms with Gasteiger partial charge in [0.25, 0.3) is 0 Å². The number of anilines is 1. The van der Waals surface area contributed by atoms with Crippen LogP contribution >= 0.6 is 0 Å². The summed E-state index contributed by atoms with van der Waals surface area (Å²) in [5.74, 6) is 1.64. The zero-order chi connectivity index (χ0) is 14.5. The first kappa shape index (κ1) is 13.6. The van der Waals surface area contributed by atoms with E-state index in [1.807, 2.05) is 12.1 Å². The average Bonchev–Trinajstić information content (AvgIpc) is 2.82. The summed E-state index contributed by atoms with van der Waals surface area (Å²) in [5, 5.41) is 8.84. The van der Waals surface area contributed by atoms with Crippen LogP contribution in [0.2, 0.25) is 0 Å². The Labute approximate surface area is 125 Å². The largest absolute Gasteiger partial charge is 0.357 e. The molecule has 0 amide bonds. The maximum Gasteiger partial charge on any atom is 0.128 e. The van der Waals surface area contributed by atoms with Crippen LogP contribution in [0, 0.1) is 11.3 Å². The molecular formula is C18H19N3. The third kappa shape index (κ3) is 3.22. The van der Waals surface area contributed by atoms with Crippen LogP contribution in [0.1, 0.15) is 36.3 Å². The first-order valence-electron chi connectivity index (χ1n) is 7.53. The summed E-state index contributed by atoms with van der Waals surface area (Å²) in [6.45, 7) is 2.07. The standard InChI is InChI=1S/C18H19N3/c19-13-15-8-9-18(20-14-15)21-11-4-7-17(10-12-21)16-5-2-1-3-6-16/h1-3,5-6,8-9,14,17H,4,7,10-12H2. The van der Waals surface area contributed by atoms with E-state index in [1.54, 1.807) is 6.20 Å². The van der Waals surface area contributed by atoms with Crippen LogP contribution in [0.3, 0.4) is 0 Å². The minimum atomic E-state index is 0.621. The van der Waals surface area contributed by atoms with Crippen molar-refractivity contribution in [1.29, 1.82) is 5.26 Å². The first-order valence-corrected chi connectivity index (χ1v) is 7.53. The second-order valence-corrected chi connectivity index (χ2v) is 5.54. The molecule has 0 bridgehead atoms. The Morgan fingerprint density at radius 1 is 1.05 bits per heavy atom. The van der Waals surface area contributed by atoms with E-state index >= 15 is 0 Å². The first-order chi connectivity index (χ1) is 10.4. The van der Waals surface area contributed by atoms with Gasteiger partial charge in [0.05, 0.1) is 5.56 Å². The highest BCUT2D eigenvalue weighted by Crippen LogP contribution is 2.29. The normalized spacial score (nSPS) is 18.8.